The van der Waals surface area contributed by atoms with Crippen molar-refractivity contribution in [1.29, 1.82) is 0 Å². The molecule has 96 valence electrons. The normalized spacial score (nSPS) is 21.2. The van der Waals surface area contributed by atoms with Crippen molar-refractivity contribution in [2.75, 3.05) is 6.54 Å². The summed E-state index contributed by atoms with van der Waals surface area (Å²) in [7, 11) is 0. The molecule has 0 N–H and O–H groups in total. The molecule has 1 aliphatic heterocycles. The summed E-state index contributed by atoms with van der Waals surface area (Å²) in [4.78, 5) is 2.49. The molecule has 0 bridgehead atoms. The Hall–Kier alpha value is -1.13. The third kappa shape index (κ3) is 1.89. The van der Waals surface area contributed by atoms with Crippen molar-refractivity contribution in [3.05, 3.63) is 29.2 Å². The van der Waals surface area contributed by atoms with Gasteiger partial charge in [0.2, 0.25) is 0 Å². The van der Waals surface area contributed by atoms with Gasteiger partial charge in [0.25, 0.3) is 0 Å². The van der Waals surface area contributed by atoms with Crippen molar-refractivity contribution in [3.8, 4) is 0 Å². The van der Waals surface area contributed by atoms with Crippen LogP contribution in [0.15, 0.2) is 18.3 Å². The predicted octanol–water partition coefficient (Wildman–Crippen LogP) is 2.93. The molecule has 4 nitrogen and oxygen atoms in total. The molecule has 3 rings (SSSR count). The van der Waals surface area contributed by atoms with Crippen LogP contribution in [0.5, 0.6) is 0 Å². The Bertz CT molecular complexity index is 563. The molecule has 5 heteroatoms. The van der Waals surface area contributed by atoms with Crippen molar-refractivity contribution >= 4 is 17.2 Å². The number of fused-ring (bicyclic) bond motifs is 1. The van der Waals surface area contributed by atoms with Crippen LogP contribution in [0.4, 0.5) is 0 Å². The number of rotatable bonds is 2. The average Bonchev–Trinajstić information content (AvgIpc) is 2.92. The summed E-state index contributed by atoms with van der Waals surface area (Å²) in [6, 6.07) is 4.65. The summed E-state index contributed by atoms with van der Waals surface area (Å²) in [5, 5.41) is 9.29. The van der Waals surface area contributed by atoms with Gasteiger partial charge in [-0.15, -0.1) is 10.2 Å². The minimum absolute atomic E-state index is 0.376. The van der Waals surface area contributed by atoms with Crippen LogP contribution in [0.25, 0.3) is 5.65 Å². The zero-order chi connectivity index (χ0) is 12.7. The van der Waals surface area contributed by atoms with Crippen molar-refractivity contribution < 1.29 is 0 Å². The SMILES string of the molecule is CC(C)N1CCCC1c1nnc2cc(Cl)ccn12. The Morgan fingerprint density at radius 1 is 1.39 bits per heavy atom. The van der Waals surface area contributed by atoms with Crippen LogP contribution in [0.2, 0.25) is 5.02 Å². The molecular formula is C13H17ClN4. The van der Waals surface area contributed by atoms with E-state index in [2.05, 4.69) is 33.3 Å². The van der Waals surface area contributed by atoms with Crippen LogP contribution in [-0.4, -0.2) is 32.1 Å². The first-order valence-corrected chi connectivity index (χ1v) is 6.80. The highest BCUT2D eigenvalue weighted by atomic mass is 35.5. The first kappa shape index (κ1) is 11.9. The van der Waals surface area contributed by atoms with Crippen molar-refractivity contribution in [2.24, 2.45) is 0 Å². The lowest BCUT2D eigenvalue weighted by atomic mass is 10.2. The first-order chi connectivity index (χ1) is 8.66. The number of nitrogens with zero attached hydrogens (tertiary/aromatic N) is 4. The minimum atomic E-state index is 0.376. The maximum Gasteiger partial charge on any atom is 0.162 e. The number of hydrogen-bond donors (Lipinski definition) is 0. The highest BCUT2D eigenvalue weighted by Gasteiger charge is 2.31. The number of halogens is 1. The van der Waals surface area contributed by atoms with Gasteiger partial charge in [-0.3, -0.25) is 9.30 Å². The Labute approximate surface area is 112 Å². The molecule has 3 heterocycles. The summed E-state index contributed by atoms with van der Waals surface area (Å²) in [6.45, 7) is 5.61. The lowest BCUT2D eigenvalue weighted by molar-refractivity contribution is 0.197. The number of pyridine rings is 1. The molecule has 0 aliphatic carbocycles. The molecule has 2 aromatic rings. The Kier molecular flexibility index (Phi) is 2.99. The maximum absolute atomic E-state index is 5.98. The van der Waals surface area contributed by atoms with E-state index in [0.717, 1.165) is 24.4 Å². The summed E-state index contributed by atoms with van der Waals surface area (Å²) in [5.74, 6) is 1.04. The molecule has 1 fully saturated rings. The Morgan fingerprint density at radius 2 is 2.22 bits per heavy atom. The van der Waals surface area contributed by atoms with Gasteiger partial charge in [-0.25, -0.2) is 0 Å². The van der Waals surface area contributed by atoms with Crippen LogP contribution >= 0.6 is 11.6 Å². The van der Waals surface area contributed by atoms with E-state index in [0.29, 0.717) is 17.1 Å². The lowest BCUT2D eigenvalue weighted by Gasteiger charge is -2.26. The second-order valence-electron chi connectivity index (χ2n) is 5.12. The lowest BCUT2D eigenvalue weighted by Crippen LogP contribution is -2.31. The minimum Gasteiger partial charge on any atom is -0.291 e. The monoisotopic (exact) mass is 264 g/mol. The van der Waals surface area contributed by atoms with Crippen molar-refractivity contribution in [2.45, 2.75) is 38.8 Å². The fourth-order valence-electron chi connectivity index (χ4n) is 2.80. The fraction of sp³-hybridized carbons (Fsp3) is 0.538. The fourth-order valence-corrected chi connectivity index (χ4v) is 2.95. The molecule has 0 amide bonds. The molecule has 18 heavy (non-hydrogen) atoms. The van der Waals surface area contributed by atoms with Crippen molar-refractivity contribution in [3.63, 3.8) is 0 Å². The van der Waals surface area contributed by atoms with E-state index in [-0.39, 0.29) is 0 Å². The first-order valence-electron chi connectivity index (χ1n) is 6.43. The van der Waals surface area contributed by atoms with Crippen LogP contribution < -0.4 is 0 Å². The zero-order valence-electron chi connectivity index (χ0n) is 10.7. The van der Waals surface area contributed by atoms with Gasteiger partial charge in [0.15, 0.2) is 11.5 Å². The molecule has 0 aromatic carbocycles. The van der Waals surface area contributed by atoms with Gasteiger partial charge >= 0.3 is 0 Å². The number of hydrogen-bond acceptors (Lipinski definition) is 3. The molecule has 1 saturated heterocycles. The van der Waals surface area contributed by atoms with Crippen LogP contribution in [-0.2, 0) is 0 Å². The standard InChI is InChI=1S/C13H17ClN4/c1-9(2)17-6-3-4-11(17)13-16-15-12-8-10(14)5-7-18(12)13/h5,7-9,11H,3-4,6H2,1-2H3. The molecule has 1 unspecified atom stereocenters. The van der Waals surface area contributed by atoms with Gasteiger partial charge in [-0.05, 0) is 39.3 Å². The van der Waals surface area contributed by atoms with E-state index >= 15 is 0 Å². The third-order valence-corrected chi connectivity index (χ3v) is 3.89. The smallest absolute Gasteiger partial charge is 0.162 e. The molecule has 2 aromatic heterocycles. The summed E-state index contributed by atoms with van der Waals surface area (Å²) in [5.41, 5.74) is 0.827. The zero-order valence-corrected chi connectivity index (χ0v) is 11.4. The van der Waals surface area contributed by atoms with Gasteiger partial charge in [-0.2, -0.15) is 0 Å². The van der Waals surface area contributed by atoms with Gasteiger partial charge in [0.05, 0.1) is 6.04 Å². The van der Waals surface area contributed by atoms with E-state index in [1.54, 1.807) is 0 Å². The number of likely N-dealkylation sites (tertiary alicyclic amines) is 1. The maximum atomic E-state index is 5.98. The average molecular weight is 265 g/mol. The predicted molar refractivity (Wildman–Crippen MR) is 71.8 cm³/mol. The van der Waals surface area contributed by atoms with Crippen LogP contribution in [0.3, 0.4) is 0 Å². The quantitative estimate of drug-likeness (QED) is 0.836. The van der Waals surface area contributed by atoms with Gasteiger partial charge in [0, 0.05) is 23.3 Å². The summed E-state index contributed by atoms with van der Waals surface area (Å²) >= 11 is 5.98. The molecule has 0 saturated carbocycles. The van der Waals surface area contributed by atoms with Crippen LogP contribution in [0.1, 0.15) is 38.6 Å². The highest BCUT2D eigenvalue weighted by Crippen LogP contribution is 2.32. The van der Waals surface area contributed by atoms with E-state index < -0.39 is 0 Å². The van der Waals surface area contributed by atoms with Gasteiger partial charge < -0.3 is 0 Å². The molecule has 0 radical (unpaired) electrons. The third-order valence-electron chi connectivity index (χ3n) is 3.65. The van der Waals surface area contributed by atoms with E-state index in [9.17, 15) is 0 Å². The molecular weight excluding hydrogens is 248 g/mol. The van der Waals surface area contributed by atoms with Crippen LogP contribution in [0, 0.1) is 0 Å². The summed E-state index contributed by atoms with van der Waals surface area (Å²) < 4.78 is 2.05. The molecule has 0 spiro atoms. The van der Waals surface area contributed by atoms with E-state index in [1.165, 1.54) is 6.42 Å². The topological polar surface area (TPSA) is 33.4 Å². The van der Waals surface area contributed by atoms with Crippen molar-refractivity contribution in [1.82, 2.24) is 19.5 Å². The largest absolute Gasteiger partial charge is 0.291 e. The Balaban J connectivity index is 2.04. The van der Waals surface area contributed by atoms with E-state index in [1.807, 2.05) is 18.3 Å². The van der Waals surface area contributed by atoms with E-state index in [4.69, 9.17) is 11.6 Å². The molecule has 1 aliphatic rings. The summed E-state index contributed by atoms with van der Waals surface area (Å²) in [6.07, 6.45) is 4.34. The van der Waals surface area contributed by atoms with Gasteiger partial charge in [-0.1, -0.05) is 11.6 Å². The highest BCUT2D eigenvalue weighted by molar-refractivity contribution is 6.30. The second-order valence-corrected chi connectivity index (χ2v) is 5.56. The molecule has 1 atom stereocenters. The number of aromatic nitrogens is 3. The Morgan fingerprint density at radius 3 is 3.00 bits per heavy atom. The second kappa shape index (κ2) is 4.52. The van der Waals surface area contributed by atoms with Gasteiger partial charge in [0.1, 0.15) is 0 Å².